The number of nitrogens with one attached hydrogen (secondary N) is 2. The van der Waals surface area contributed by atoms with Crippen molar-refractivity contribution in [2.24, 2.45) is 0 Å². The zero-order chi connectivity index (χ0) is 19.3. The normalized spacial score (nSPS) is 12.5. The molecule has 1 atom stereocenters. The van der Waals surface area contributed by atoms with Crippen LogP contribution in [0.5, 0.6) is 0 Å². The predicted octanol–water partition coefficient (Wildman–Crippen LogP) is 3.64. The molecule has 1 unspecified atom stereocenters. The SMILES string of the molecule is CCC(OC)C(=O)Nc1cc(Cl)ccc1NS(=O)(=O)c1ccccc1F. The Balaban J connectivity index is 2.36. The van der Waals surface area contributed by atoms with Gasteiger partial charge in [0.25, 0.3) is 15.9 Å². The van der Waals surface area contributed by atoms with Gasteiger partial charge in [0.05, 0.1) is 11.4 Å². The minimum atomic E-state index is -4.20. The molecule has 0 aliphatic heterocycles. The van der Waals surface area contributed by atoms with Crippen molar-refractivity contribution >= 4 is 38.9 Å². The average molecular weight is 401 g/mol. The Kier molecular flexibility index (Phi) is 6.57. The summed E-state index contributed by atoms with van der Waals surface area (Å²) in [6.07, 6.45) is -0.274. The zero-order valence-electron chi connectivity index (χ0n) is 14.1. The molecule has 0 saturated carbocycles. The number of ether oxygens (including phenoxy) is 1. The van der Waals surface area contributed by atoms with E-state index in [0.717, 1.165) is 12.1 Å². The Hall–Kier alpha value is -2.16. The van der Waals surface area contributed by atoms with Crippen LogP contribution < -0.4 is 10.0 Å². The fourth-order valence-electron chi connectivity index (χ4n) is 2.24. The lowest BCUT2D eigenvalue weighted by atomic mass is 10.2. The van der Waals surface area contributed by atoms with Gasteiger partial charge in [-0.05, 0) is 36.8 Å². The Bertz CT molecular complexity index is 901. The van der Waals surface area contributed by atoms with Gasteiger partial charge < -0.3 is 10.1 Å². The highest BCUT2D eigenvalue weighted by molar-refractivity contribution is 7.92. The second-order valence-corrected chi connectivity index (χ2v) is 7.43. The number of halogens is 2. The summed E-state index contributed by atoms with van der Waals surface area (Å²) in [5.74, 6) is -1.34. The molecule has 0 spiro atoms. The molecule has 9 heteroatoms. The highest BCUT2D eigenvalue weighted by atomic mass is 35.5. The van der Waals surface area contributed by atoms with Gasteiger partial charge in [0.2, 0.25) is 0 Å². The van der Waals surface area contributed by atoms with Crippen LogP contribution in [0.1, 0.15) is 13.3 Å². The van der Waals surface area contributed by atoms with Crippen LogP contribution in [-0.2, 0) is 19.6 Å². The fourth-order valence-corrected chi connectivity index (χ4v) is 3.58. The van der Waals surface area contributed by atoms with Crippen LogP contribution in [0.4, 0.5) is 15.8 Å². The molecule has 2 aromatic carbocycles. The van der Waals surface area contributed by atoms with E-state index in [1.54, 1.807) is 6.92 Å². The third kappa shape index (κ3) is 4.72. The Morgan fingerprint density at radius 3 is 2.54 bits per heavy atom. The van der Waals surface area contributed by atoms with Crippen molar-refractivity contribution in [3.05, 3.63) is 53.3 Å². The number of hydrogen-bond acceptors (Lipinski definition) is 4. The van der Waals surface area contributed by atoms with Crippen LogP contribution in [0.25, 0.3) is 0 Å². The molecular formula is C17H18ClFN2O4S. The van der Waals surface area contributed by atoms with E-state index in [9.17, 15) is 17.6 Å². The van der Waals surface area contributed by atoms with Crippen molar-refractivity contribution in [1.29, 1.82) is 0 Å². The van der Waals surface area contributed by atoms with Gasteiger partial charge in [-0.15, -0.1) is 0 Å². The first-order valence-corrected chi connectivity index (χ1v) is 9.55. The topological polar surface area (TPSA) is 84.5 Å². The van der Waals surface area contributed by atoms with Crippen LogP contribution in [0, 0.1) is 5.82 Å². The van der Waals surface area contributed by atoms with Gasteiger partial charge in [-0.2, -0.15) is 0 Å². The van der Waals surface area contributed by atoms with E-state index in [1.807, 2.05) is 0 Å². The standard InChI is InChI=1S/C17H18ClFN2O4S/c1-3-15(25-2)17(22)20-14-10-11(18)8-9-13(14)21-26(23,24)16-7-5-4-6-12(16)19/h4-10,15,21H,3H2,1-2H3,(H,20,22). The number of rotatable bonds is 7. The monoisotopic (exact) mass is 400 g/mol. The molecule has 1 amide bonds. The summed E-state index contributed by atoms with van der Waals surface area (Å²) < 4.78 is 46.1. The molecule has 0 bridgehead atoms. The maximum atomic E-state index is 13.8. The smallest absolute Gasteiger partial charge is 0.264 e. The molecule has 0 radical (unpaired) electrons. The van der Waals surface area contributed by atoms with E-state index in [-0.39, 0.29) is 11.4 Å². The second-order valence-electron chi connectivity index (χ2n) is 5.35. The lowest BCUT2D eigenvalue weighted by Gasteiger charge is -2.17. The number of carbonyl (C=O) groups is 1. The van der Waals surface area contributed by atoms with Crippen molar-refractivity contribution in [3.8, 4) is 0 Å². The van der Waals surface area contributed by atoms with E-state index < -0.39 is 32.7 Å². The average Bonchev–Trinajstić information content (AvgIpc) is 2.58. The lowest BCUT2D eigenvalue weighted by molar-refractivity contribution is -0.125. The first-order chi connectivity index (χ1) is 12.3. The molecule has 2 aromatic rings. The van der Waals surface area contributed by atoms with Gasteiger partial charge in [-0.25, -0.2) is 12.8 Å². The number of amides is 1. The minimum Gasteiger partial charge on any atom is -0.372 e. The summed E-state index contributed by atoms with van der Waals surface area (Å²) in [6, 6.07) is 9.20. The maximum absolute atomic E-state index is 13.8. The maximum Gasteiger partial charge on any atom is 0.264 e. The van der Waals surface area contributed by atoms with Crippen LogP contribution in [0.2, 0.25) is 5.02 Å². The largest absolute Gasteiger partial charge is 0.372 e. The van der Waals surface area contributed by atoms with E-state index in [0.29, 0.717) is 11.4 Å². The molecule has 0 saturated heterocycles. The zero-order valence-corrected chi connectivity index (χ0v) is 15.7. The van der Waals surface area contributed by atoms with Crippen molar-refractivity contribution < 1.29 is 22.3 Å². The Morgan fingerprint density at radius 2 is 1.92 bits per heavy atom. The highest BCUT2D eigenvalue weighted by Crippen LogP contribution is 2.29. The number of hydrogen-bond donors (Lipinski definition) is 2. The molecule has 0 heterocycles. The molecular weight excluding hydrogens is 383 g/mol. The Morgan fingerprint density at radius 1 is 1.23 bits per heavy atom. The number of anilines is 2. The van der Waals surface area contributed by atoms with E-state index in [4.69, 9.17) is 16.3 Å². The fraction of sp³-hybridized carbons (Fsp3) is 0.235. The van der Waals surface area contributed by atoms with Gasteiger partial charge >= 0.3 is 0 Å². The van der Waals surface area contributed by atoms with Gasteiger partial charge in [0.15, 0.2) is 0 Å². The quantitative estimate of drug-likeness (QED) is 0.743. The van der Waals surface area contributed by atoms with Crippen LogP contribution in [-0.4, -0.2) is 27.5 Å². The summed E-state index contributed by atoms with van der Waals surface area (Å²) in [5, 5.41) is 2.86. The molecule has 140 valence electrons. The summed E-state index contributed by atoms with van der Waals surface area (Å²) in [4.78, 5) is 11.7. The van der Waals surface area contributed by atoms with Crippen molar-refractivity contribution in [2.75, 3.05) is 17.1 Å². The van der Waals surface area contributed by atoms with Gasteiger partial charge in [0, 0.05) is 12.1 Å². The van der Waals surface area contributed by atoms with E-state index >= 15 is 0 Å². The molecule has 2 rings (SSSR count). The van der Waals surface area contributed by atoms with Crippen LogP contribution >= 0.6 is 11.6 Å². The summed E-state index contributed by atoms with van der Waals surface area (Å²) in [7, 11) is -2.80. The third-order valence-electron chi connectivity index (χ3n) is 3.56. The predicted molar refractivity (Wildman–Crippen MR) is 98.4 cm³/mol. The summed E-state index contributed by atoms with van der Waals surface area (Å²) >= 11 is 5.94. The summed E-state index contributed by atoms with van der Waals surface area (Å²) in [6.45, 7) is 1.77. The molecule has 2 N–H and O–H groups in total. The van der Waals surface area contributed by atoms with E-state index in [2.05, 4.69) is 10.0 Å². The third-order valence-corrected chi connectivity index (χ3v) is 5.19. The van der Waals surface area contributed by atoms with Gasteiger partial charge in [-0.3, -0.25) is 9.52 Å². The molecule has 6 nitrogen and oxygen atoms in total. The number of benzene rings is 2. The van der Waals surface area contributed by atoms with Gasteiger partial charge in [0.1, 0.15) is 16.8 Å². The van der Waals surface area contributed by atoms with Crippen LogP contribution in [0.3, 0.4) is 0 Å². The molecule has 0 fully saturated rings. The van der Waals surface area contributed by atoms with Crippen molar-refractivity contribution in [3.63, 3.8) is 0 Å². The minimum absolute atomic E-state index is 0.0527. The first kappa shape index (κ1) is 20.2. The number of carbonyl (C=O) groups excluding carboxylic acids is 1. The van der Waals surface area contributed by atoms with Crippen molar-refractivity contribution in [2.45, 2.75) is 24.3 Å². The number of methoxy groups -OCH3 is 1. The number of sulfonamides is 1. The summed E-state index contributed by atoms with van der Waals surface area (Å²) in [5.41, 5.74) is 0.190. The Labute approximate surface area is 156 Å². The highest BCUT2D eigenvalue weighted by Gasteiger charge is 2.22. The molecule has 26 heavy (non-hydrogen) atoms. The molecule has 0 aromatic heterocycles. The van der Waals surface area contributed by atoms with E-state index in [1.165, 1.54) is 37.4 Å². The first-order valence-electron chi connectivity index (χ1n) is 7.69. The van der Waals surface area contributed by atoms with Crippen molar-refractivity contribution in [1.82, 2.24) is 0 Å². The molecule has 0 aliphatic carbocycles. The van der Waals surface area contributed by atoms with Crippen LogP contribution in [0.15, 0.2) is 47.4 Å². The van der Waals surface area contributed by atoms with Gasteiger partial charge in [-0.1, -0.05) is 30.7 Å². The lowest BCUT2D eigenvalue weighted by Crippen LogP contribution is -2.29. The second kappa shape index (κ2) is 8.48. The molecule has 0 aliphatic rings.